The van der Waals surface area contributed by atoms with Crippen LogP contribution in [0, 0.1) is 0 Å². The number of phosphoric ester groups is 1. The Balaban J connectivity index is 4.26. The van der Waals surface area contributed by atoms with Crippen molar-refractivity contribution in [3.63, 3.8) is 0 Å². The number of allylic oxidation sites excluding steroid dienone is 10. The molecule has 0 rings (SSSR count). The number of carbonyl (C=O) groups is 2. The molecule has 53 heavy (non-hydrogen) atoms. The first-order valence-electron chi connectivity index (χ1n) is 20.8. The lowest BCUT2D eigenvalue weighted by molar-refractivity contribution is -0.161. The number of hydrogen-bond acceptors (Lipinski definition) is 8. The highest BCUT2D eigenvalue weighted by Crippen LogP contribution is 2.43. The minimum absolute atomic E-state index is 0.0435. The number of unbranched alkanes of at least 4 members (excludes halogenated alkanes) is 15. The number of hydrogen-bond donors (Lipinski definition) is 2. The molecular weight excluding hydrogens is 689 g/mol. The normalized spacial score (nSPS) is 14.0. The van der Waals surface area contributed by atoms with Crippen molar-refractivity contribution in [3.05, 3.63) is 60.8 Å². The van der Waals surface area contributed by atoms with Gasteiger partial charge in [-0.3, -0.25) is 18.6 Å². The lowest BCUT2D eigenvalue weighted by atomic mass is 10.1. The van der Waals surface area contributed by atoms with Crippen LogP contribution in [0.25, 0.3) is 0 Å². The fourth-order valence-corrected chi connectivity index (χ4v) is 6.02. The summed E-state index contributed by atoms with van der Waals surface area (Å²) in [6, 6.07) is 0. The van der Waals surface area contributed by atoms with Gasteiger partial charge in [0.25, 0.3) is 0 Å². The molecule has 0 spiro atoms. The van der Waals surface area contributed by atoms with Gasteiger partial charge in [-0.25, -0.2) is 4.57 Å². The lowest BCUT2D eigenvalue weighted by Crippen LogP contribution is -2.29. The highest BCUT2D eigenvalue weighted by Gasteiger charge is 2.25. The van der Waals surface area contributed by atoms with Crippen LogP contribution in [0.2, 0.25) is 0 Å². The summed E-state index contributed by atoms with van der Waals surface area (Å²) in [5.74, 6) is -0.887. The van der Waals surface area contributed by atoms with Crippen LogP contribution >= 0.6 is 7.82 Å². The molecule has 0 aromatic heterocycles. The highest BCUT2D eigenvalue weighted by atomic mass is 31.2. The van der Waals surface area contributed by atoms with E-state index in [4.69, 9.17) is 24.3 Å². The summed E-state index contributed by atoms with van der Waals surface area (Å²) in [4.78, 5) is 34.8. The molecular formula is C43H76NO8P. The number of ether oxygens (including phenoxy) is 2. The van der Waals surface area contributed by atoms with Gasteiger partial charge < -0.3 is 20.1 Å². The predicted octanol–water partition coefficient (Wildman–Crippen LogP) is 11.7. The van der Waals surface area contributed by atoms with Crippen molar-refractivity contribution < 1.29 is 37.6 Å². The minimum atomic E-state index is -4.39. The summed E-state index contributed by atoms with van der Waals surface area (Å²) in [5, 5.41) is 0. The summed E-state index contributed by atoms with van der Waals surface area (Å²) in [7, 11) is -4.39. The van der Waals surface area contributed by atoms with Gasteiger partial charge >= 0.3 is 19.8 Å². The van der Waals surface area contributed by atoms with Crippen LogP contribution in [-0.4, -0.2) is 49.3 Å². The first kappa shape index (κ1) is 50.7. The molecule has 2 atom stereocenters. The average Bonchev–Trinajstić information content (AvgIpc) is 3.14. The Labute approximate surface area is 323 Å². The van der Waals surface area contributed by atoms with Gasteiger partial charge in [-0.2, -0.15) is 0 Å². The Hall–Kier alpha value is -2.29. The van der Waals surface area contributed by atoms with Gasteiger partial charge in [-0.05, 0) is 83.5 Å². The van der Waals surface area contributed by atoms with Gasteiger partial charge in [0.1, 0.15) is 6.61 Å². The smallest absolute Gasteiger partial charge is 0.462 e. The fraction of sp³-hybridized carbons (Fsp3) is 0.721. The van der Waals surface area contributed by atoms with E-state index in [0.29, 0.717) is 12.8 Å². The Morgan fingerprint density at radius 1 is 0.566 bits per heavy atom. The topological polar surface area (TPSA) is 134 Å². The van der Waals surface area contributed by atoms with Crippen molar-refractivity contribution in [1.29, 1.82) is 0 Å². The van der Waals surface area contributed by atoms with E-state index in [1.165, 1.54) is 64.2 Å². The van der Waals surface area contributed by atoms with Crippen LogP contribution in [0.15, 0.2) is 60.8 Å². The SMILES string of the molecule is CCCCC/C=C\C/C=C\C/C=C\CCCCC(=O)O[C@H](COC(=O)CCCCCCCCC/C=C\C/C=C\CCCCC)COP(=O)(O)OCCN. The standard InChI is InChI=1S/C43H76NO8P/c1-3-5-7-9-11-13-15-17-19-20-22-23-25-27-29-31-33-35-42(45)49-39-41(40-51-53(47,48)50-38-37-44)52-43(46)36-34-32-30-28-26-24-21-18-16-14-12-10-8-6-4-2/h11-14,17-19,21,26,28,41H,3-10,15-16,20,22-25,27,29-40,44H2,1-2H3,(H,47,48)/b13-11-,14-12-,19-17-,21-18-,28-26-/t41-/m1/s1. The third kappa shape index (κ3) is 39.2. The maximum atomic E-state index is 12.5. The van der Waals surface area contributed by atoms with Crippen molar-refractivity contribution in [1.82, 2.24) is 0 Å². The van der Waals surface area contributed by atoms with E-state index in [1.807, 2.05) is 0 Å². The average molecular weight is 766 g/mol. The van der Waals surface area contributed by atoms with Gasteiger partial charge in [-0.15, -0.1) is 0 Å². The molecule has 3 N–H and O–H groups in total. The fourth-order valence-electron chi connectivity index (χ4n) is 5.26. The second-order valence-corrected chi connectivity index (χ2v) is 14.9. The van der Waals surface area contributed by atoms with Gasteiger partial charge in [0.2, 0.25) is 0 Å². The second kappa shape index (κ2) is 39.4. The Kier molecular flexibility index (Phi) is 37.7. The zero-order valence-electron chi connectivity index (χ0n) is 33.5. The summed E-state index contributed by atoms with van der Waals surface area (Å²) in [5.41, 5.74) is 5.34. The third-order valence-corrected chi connectivity index (χ3v) is 9.36. The number of rotatable bonds is 38. The van der Waals surface area contributed by atoms with Crippen molar-refractivity contribution in [3.8, 4) is 0 Å². The molecule has 0 aliphatic heterocycles. The van der Waals surface area contributed by atoms with Crippen LogP contribution in [0.4, 0.5) is 0 Å². The molecule has 0 saturated heterocycles. The molecule has 0 radical (unpaired) electrons. The molecule has 0 aliphatic carbocycles. The van der Waals surface area contributed by atoms with Crippen molar-refractivity contribution in [2.75, 3.05) is 26.4 Å². The van der Waals surface area contributed by atoms with Crippen LogP contribution in [0.5, 0.6) is 0 Å². The number of carbonyl (C=O) groups excluding carboxylic acids is 2. The quantitative estimate of drug-likeness (QED) is 0.0272. The zero-order valence-corrected chi connectivity index (χ0v) is 34.4. The van der Waals surface area contributed by atoms with Crippen LogP contribution < -0.4 is 5.73 Å². The van der Waals surface area contributed by atoms with Crippen LogP contribution in [0.1, 0.15) is 168 Å². The van der Waals surface area contributed by atoms with E-state index >= 15 is 0 Å². The van der Waals surface area contributed by atoms with E-state index in [1.54, 1.807) is 0 Å². The first-order chi connectivity index (χ1) is 25.8. The Morgan fingerprint density at radius 2 is 0.981 bits per heavy atom. The predicted molar refractivity (Wildman–Crippen MR) is 219 cm³/mol. The first-order valence-corrected chi connectivity index (χ1v) is 22.3. The van der Waals surface area contributed by atoms with Gasteiger partial charge in [0, 0.05) is 19.4 Å². The van der Waals surface area contributed by atoms with Crippen LogP contribution in [0.3, 0.4) is 0 Å². The van der Waals surface area contributed by atoms with Crippen molar-refractivity contribution in [2.24, 2.45) is 5.73 Å². The molecule has 0 bridgehead atoms. The maximum absolute atomic E-state index is 12.5. The molecule has 10 heteroatoms. The Morgan fingerprint density at radius 3 is 1.49 bits per heavy atom. The number of phosphoric acid groups is 1. The molecule has 0 amide bonds. The lowest BCUT2D eigenvalue weighted by Gasteiger charge is -2.19. The molecule has 0 aromatic carbocycles. The molecule has 9 nitrogen and oxygen atoms in total. The minimum Gasteiger partial charge on any atom is -0.462 e. The van der Waals surface area contributed by atoms with E-state index in [9.17, 15) is 19.0 Å². The zero-order chi connectivity index (χ0) is 38.9. The third-order valence-electron chi connectivity index (χ3n) is 8.38. The molecule has 0 saturated carbocycles. The summed E-state index contributed by atoms with van der Waals surface area (Å²) < 4.78 is 32.7. The van der Waals surface area contributed by atoms with Crippen LogP contribution in [-0.2, 0) is 32.7 Å². The summed E-state index contributed by atoms with van der Waals surface area (Å²) in [6.45, 7) is 3.61. The molecule has 306 valence electrons. The maximum Gasteiger partial charge on any atom is 0.472 e. The molecule has 0 aliphatic rings. The largest absolute Gasteiger partial charge is 0.472 e. The van der Waals surface area contributed by atoms with Crippen molar-refractivity contribution in [2.45, 2.75) is 174 Å². The van der Waals surface area contributed by atoms with Gasteiger partial charge in [-0.1, -0.05) is 132 Å². The summed E-state index contributed by atoms with van der Waals surface area (Å²) >= 11 is 0. The van der Waals surface area contributed by atoms with E-state index in [-0.39, 0.29) is 32.6 Å². The Bertz CT molecular complexity index is 1050. The summed E-state index contributed by atoms with van der Waals surface area (Å²) in [6.07, 6.45) is 45.3. The van der Waals surface area contributed by atoms with Crippen molar-refractivity contribution >= 4 is 19.8 Å². The second-order valence-electron chi connectivity index (χ2n) is 13.5. The number of esters is 2. The van der Waals surface area contributed by atoms with E-state index < -0.39 is 32.5 Å². The molecule has 0 aromatic rings. The highest BCUT2D eigenvalue weighted by molar-refractivity contribution is 7.47. The van der Waals surface area contributed by atoms with E-state index in [2.05, 4.69) is 74.6 Å². The monoisotopic (exact) mass is 766 g/mol. The molecule has 0 fully saturated rings. The van der Waals surface area contributed by atoms with E-state index in [0.717, 1.165) is 64.2 Å². The molecule has 1 unspecified atom stereocenters. The van der Waals surface area contributed by atoms with Gasteiger partial charge in [0.15, 0.2) is 6.10 Å². The van der Waals surface area contributed by atoms with Gasteiger partial charge in [0.05, 0.1) is 13.2 Å². The number of nitrogens with two attached hydrogens (primary N) is 1. The molecule has 0 heterocycles.